The molecule has 4 aromatic rings. The molecule has 0 bridgehead atoms. The lowest BCUT2D eigenvalue weighted by Crippen LogP contribution is -2.01. The SMILES string of the molecule is Cc1cccc(Nc2nc(-c3ccc([N+](=O)[O-])cc3)nc3ccccc23)c1C. The summed E-state index contributed by atoms with van der Waals surface area (Å²) in [6, 6.07) is 20.1. The largest absolute Gasteiger partial charge is 0.339 e. The Labute approximate surface area is 162 Å². The summed E-state index contributed by atoms with van der Waals surface area (Å²) in [4.78, 5) is 19.8. The van der Waals surface area contributed by atoms with Crippen LogP contribution in [-0.2, 0) is 0 Å². The van der Waals surface area contributed by atoms with Crippen molar-refractivity contribution >= 4 is 28.1 Å². The van der Waals surface area contributed by atoms with Crippen molar-refractivity contribution in [1.82, 2.24) is 9.97 Å². The first-order valence-electron chi connectivity index (χ1n) is 8.88. The number of non-ortho nitro benzene ring substituents is 1. The highest BCUT2D eigenvalue weighted by molar-refractivity contribution is 5.92. The molecular formula is C22H18N4O2. The number of anilines is 2. The van der Waals surface area contributed by atoms with Crippen molar-refractivity contribution in [3.05, 3.63) is 88.0 Å². The first-order chi connectivity index (χ1) is 13.5. The molecule has 1 heterocycles. The molecule has 0 unspecified atom stereocenters. The van der Waals surface area contributed by atoms with E-state index in [-0.39, 0.29) is 5.69 Å². The highest BCUT2D eigenvalue weighted by Crippen LogP contribution is 2.29. The summed E-state index contributed by atoms with van der Waals surface area (Å²) >= 11 is 0. The first kappa shape index (κ1) is 17.6. The minimum absolute atomic E-state index is 0.0401. The molecule has 1 N–H and O–H groups in total. The molecule has 1 aromatic heterocycles. The van der Waals surface area contributed by atoms with Gasteiger partial charge >= 0.3 is 0 Å². The molecule has 6 nitrogen and oxygen atoms in total. The van der Waals surface area contributed by atoms with Crippen LogP contribution in [0.2, 0.25) is 0 Å². The summed E-state index contributed by atoms with van der Waals surface area (Å²) in [7, 11) is 0. The smallest absolute Gasteiger partial charge is 0.269 e. The summed E-state index contributed by atoms with van der Waals surface area (Å²) < 4.78 is 0. The van der Waals surface area contributed by atoms with Crippen molar-refractivity contribution in [2.24, 2.45) is 0 Å². The number of nitro groups is 1. The monoisotopic (exact) mass is 370 g/mol. The molecule has 138 valence electrons. The van der Waals surface area contributed by atoms with E-state index in [0.717, 1.165) is 27.7 Å². The van der Waals surface area contributed by atoms with Crippen LogP contribution in [0.15, 0.2) is 66.7 Å². The molecule has 0 amide bonds. The maximum Gasteiger partial charge on any atom is 0.269 e. The highest BCUT2D eigenvalue weighted by atomic mass is 16.6. The van der Waals surface area contributed by atoms with E-state index in [1.54, 1.807) is 12.1 Å². The third kappa shape index (κ3) is 3.27. The van der Waals surface area contributed by atoms with Gasteiger partial charge in [-0.25, -0.2) is 9.97 Å². The van der Waals surface area contributed by atoms with Crippen LogP contribution in [0.4, 0.5) is 17.2 Å². The van der Waals surface area contributed by atoms with E-state index in [0.29, 0.717) is 11.6 Å². The maximum absolute atomic E-state index is 10.9. The fourth-order valence-corrected chi connectivity index (χ4v) is 3.05. The molecule has 0 radical (unpaired) electrons. The van der Waals surface area contributed by atoms with Gasteiger partial charge in [-0.05, 0) is 55.3 Å². The number of para-hydroxylation sites is 1. The lowest BCUT2D eigenvalue weighted by atomic mass is 10.1. The van der Waals surface area contributed by atoms with E-state index in [1.807, 2.05) is 36.4 Å². The average molecular weight is 370 g/mol. The quantitative estimate of drug-likeness (QED) is 0.375. The Kier molecular flexibility index (Phi) is 4.45. The van der Waals surface area contributed by atoms with E-state index in [2.05, 4.69) is 30.2 Å². The van der Waals surface area contributed by atoms with Gasteiger partial charge in [0.2, 0.25) is 0 Å². The first-order valence-corrected chi connectivity index (χ1v) is 8.88. The van der Waals surface area contributed by atoms with Gasteiger partial charge in [0.15, 0.2) is 5.82 Å². The molecule has 0 aliphatic carbocycles. The lowest BCUT2D eigenvalue weighted by Gasteiger charge is -2.14. The summed E-state index contributed by atoms with van der Waals surface area (Å²) in [5.41, 5.74) is 4.90. The number of fused-ring (bicyclic) bond motifs is 1. The number of aromatic nitrogens is 2. The molecular weight excluding hydrogens is 352 g/mol. The van der Waals surface area contributed by atoms with Gasteiger partial charge < -0.3 is 5.32 Å². The summed E-state index contributed by atoms with van der Waals surface area (Å²) in [5, 5.41) is 15.3. The Morgan fingerprint density at radius 3 is 2.39 bits per heavy atom. The Hall–Kier alpha value is -3.80. The van der Waals surface area contributed by atoms with E-state index in [1.165, 1.54) is 17.7 Å². The fourth-order valence-electron chi connectivity index (χ4n) is 3.05. The van der Waals surface area contributed by atoms with Gasteiger partial charge in [-0.3, -0.25) is 10.1 Å². The predicted molar refractivity (Wildman–Crippen MR) is 111 cm³/mol. The van der Waals surface area contributed by atoms with Crippen molar-refractivity contribution in [2.45, 2.75) is 13.8 Å². The Balaban J connectivity index is 1.83. The van der Waals surface area contributed by atoms with Crippen molar-refractivity contribution in [3.63, 3.8) is 0 Å². The summed E-state index contributed by atoms with van der Waals surface area (Å²) in [6.07, 6.45) is 0. The van der Waals surface area contributed by atoms with Gasteiger partial charge in [0.05, 0.1) is 10.4 Å². The van der Waals surface area contributed by atoms with Crippen LogP contribution in [0, 0.1) is 24.0 Å². The molecule has 0 spiro atoms. The number of hydrogen-bond donors (Lipinski definition) is 1. The van der Waals surface area contributed by atoms with Crippen LogP contribution in [0.1, 0.15) is 11.1 Å². The Morgan fingerprint density at radius 2 is 1.64 bits per heavy atom. The van der Waals surface area contributed by atoms with Crippen molar-refractivity contribution in [2.75, 3.05) is 5.32 Å². The molecule has 0 saturated carbocycles. The van der Waals surface area contributed by atoms with E-state index in [9.17, 15) is 10.1 Å². The van der Waals surface area contributed by atoms with Crippen LogP contribution in [0.3, 0.4) is 0 Å². The van der Waals surface area contributed by atoms with E-state index < -0.39 is 4.92 Å². The molecule has 0 aliphatic heterocycles. The number of benzene rings is 3. The third-order valence-electron chi connectivity index (χ3n) is 4.80. The maximum atomic E-state index is 10.9. The molecule has 28 heavy (non-hydrogen) atoms. The van der Waals surface area contributed by atoms with Gasteiger partial charge in [-0.2, -0.15) is 0 Å². The molecule has 0 aliphatic rings. The second-order valence-corrected chi connectivity index (χ2v) is 6.59. The van der Waals surface area contributed by atoms with Gasteiger partial charge in [0.1, 0.15) is 5.82 Å². The van der Waals surface area contributed by atoms with Crippen molar-refractivity contribution < 1.29 is 4.92 Å². The van der Waals surface area contributed by atoms with Crippen LogP contribution < -0.4 is 5.32 Å². The number of aryl methyl sites for hydroxylation is 1. The lowest BCUT2D eigenvalue weighted by molar-refractivity contribution is -0.384. The minimum atomic E-state index is -0.418. The zero-order chi connectivity index (χ0) is 19.7. The van der Waals surface area contributed by atoms with Crippen molar-refractivity contribution in [3.8, 4) is 11.4 Å². The highest BCUT2D eigenvalue weighted by Gasteiger charge is 2.12. The molecule has 0 fully saturated rings. The molecule has 6 heteroatoms. The average Bonchev–Trinajstić information content (AvgIpc) is 2.71. The number of hydrogen-bond acceptors (Lipinski definition) is 5. The predicted octanol–water partition coefficient (Wildman–Crippen LogP) is 5.57. The fraction of sp³-hybridized carbons (Fsp3) is 0.0909. The number of nitro benzene ring substituents is 1. The van der Waals surface area contributed by atoms with Crippen LogP contribution in [0.25, 0.3) is 22.3 Å². The van der Waals surface area contributed by atoms with Crippen molar-refractivity contribution in [1.29, 1.82) is 0 Å². The van der Waals surface area contributed by atoms with Crippen LogP contribution >= 0.6 is 0 Å². The van der Waals surface area contributed by atoms with Crippen LogP contribution in [0.5, 0.6) is 0 Å². The number of rotatable bonds is 4. The minimum Gasteiger partial charge on any atom is -0.339 e. The second-order valence-electron chi connectivity index (χ2n) is 6.59. The zero-order valence-electron chi connectivity index (χ0n) is 15.5. The van der Waals surface area contributed by atoms with Gasteiger partial charge in [-0.1, -0.05) is 24.3 Å². The summed E-state index contributed by atoms with van der Waals surface area (Å²) in [6.45, 7) is 4.14. The second kappa shape index (κ2) is 7.08. The summed E-state index contributed by atoms with van der Waals surface area (Å²) in [5.74, 6) is 1.22. The third-order valence-corrected chi connectivity index (χ3v) is 4.80. The van der Waals surface area contributed by atoms with Crippen LogP contribution in [-0.4, -0.2) is 14.9 Å². The van der Waals surface area contributed by atoms with Gasteiger partial charge in [0.25, 0.3) is 5.69 Å². The molecule has 3 aromatic carbocycles. The topological polar surface area (TPSA) is 81.0 Å². The van der Waals surface area contributed by atoms with E-state index >= 15 is 0 Å². The Bertz CT molecular complexity index is 1190. The number of nitrogens with one attached hydrogen (secondary N) is 1. The van der Waals surface area contributed by atoms with Gasteiger partial charge in [0, 0.05) is 28.8 Å². The van der Waals surface area contributed by atoms with E-state index in [4.69, 9.17) is 4.98 Å². The normalized spacial score (nSPS) is 10.8. The Morgan fingerprint density at radius 1 is 0.893 bits per heavy atom. The zero-order valence-corrected chi connectivity index (χ0v) is 15.5. The standard InChI is InChI=1S/C22H18N4O2/c1-14-6-5-9-19(15(14)2)23-22-18-7-3-4-8-20(18)24-21(25-22)16-10-12-17(13-11-16)26(27)28/h3-13H,1-2H3,(H,23,24,25). The molecule has 4 rings (SSSR count). The molecule has 0 saturated heterocycles. The molecule has 0 atom stereocenters. The number of nitrogens with zero attached hydrogens (tertiary/aromatic N) is 3. The van der Waals surface area contributed by atoms with Gasteiger partial charge in [-0.15, -0.1) is 0 Å².